The third-order valence-corrected chi connectivity index (χ3v) is 8.39. The maximum absolute atomic E-state index is 15.2. The number of anilines is 2. The van der Waals surface area contributed by atoms with E-state index in [0.29, 0.717) is 12.0 Å². The summed E-state index contributed by atoms with van der Waals surface area (Å²) in [5.41, 5.74) is 0.268. The first-order valence-corrected chi connectivity index (χ1v) is 14.4. The summed E-state index contributed by atoms with van der Waals surface area (Å²) in [6.45, 7) is 0.352. The number of allylic oxidation sites excluding steroid dienone is 2. The van der Waals surface area contributed by atoms with Crippen molar-refractivity contribution in [1.82, 2.24) is 4.90 Å². The summed E-state index contributed by atoms with van der Waals surface area (Å²) in [6.07, 6.45) is 3.98. The summed E-state index contributed by atoms with van der Waals surface area (Å²) in [7, 11) is 1.28. The summed E-state index contributed by atoms with van der Waals surface area (Å²) in [6, 6.07) is 7.64. The minimum atomic E-state index is -1.27. The maximum atomic E-state index is 15.2. The lowest BCUT2D eigenvalue weighted by Crippen LogP contribution is -2.51. The first-order chi connectivity index (χ1) is 20.6. The number of methoxy groups -OCH3 is 1. The largest absolute Gasteiger partial charge is 0.469 e. The molecule has 3 amide bonds. The number of hydrogen-bond donors (Lipinski definition) is 2. The molecule has 3 aliphatic heterocycles. The molecule has 1 saturated heterocycles. The van der Waals surface area contributed by atoms with E-state index in [9.17, 15) is 24.0 Å². The van der Waals surface area contributed by atoms with Crippen molar-refractivity contribution in [3.8, 4) is 0 Å². The molecular weight excluding hydrogens is 581 g/mol. The summed E-state index contributed by atoms with van der Waals surface area (Å²) < 4.78 is 25.5. The van der Waals surface area contributed by atoms with Crippen LogP contribution >= 0.6 is 11.6 Å². The van der Waals surface area contributed by atoms with Crippen LogP contribution in [0.3, 0.4) is 0 Å². The number of Topliss-reactive ketones (excluding diaryl/α,β-unsaturated/α-hetero) is 1. The molecule has 12 heteroatoms. The lowest BCUT2D eigenvalue weighted by atomic mass is 9.81. The number of ether oxygens (including phenoxy) is 2. The molecule has 226 valence electrons. The number of carbonyl (C=O) groups excluding carboxylic acids is 5. The molecule has 1 fully saturated rings. The highest BCUT2D eigenvalue weighted by atomic mass is 35.5. The number of likely N-dealkylation sites (tertiary alicyclic amines) is 1. The van der Waals surface area contributed by atoms with Gasteiger partial charge >= 0.3 is 12.1 Å². The number of esters is 1. The quantitative estimate of drug-likeness (QED) is 0.363. The van der Waals surface area contributed by atoms with Crippen LogP contribution in [0.1, 0.15) is 60.0 Å². The van der Waals surface area contributed by atoms with Gasteiger partial charge in [-0.25, -0.2) is 9.18 Å². The monoisotopic (exact) mass is 611 g/mol. The highest BCUT2D eigenvalue weighted by Gasteiger charge is 2.48. The molecule has 3 aliphatic rings. The van der Waals surface area contributed by atoms with Gasteiger partial charge in [-0.3, -0.25) is 24.5 Å². The van der Waals surface area contributed by atoms with Gasteiger partial charge in [-0.1, -0.05) is 29.8 Å². The van der Waals surface area contributed by atoms with Crippen LogP contribution in [0.4, 0.5) is 20.6 Å². The van der Waals surface area contributed by atoms with E-state index in [1.165, 1.54) is 19.2 Å². The van der Waals surface area contributed by atoms with Gasteiger partial charge in [0.2, 0.25) is 11.8 Å². The minimum Gasteiger partial charge on any atom is -0.469 e. The summed E-state index contributed by atoms with van der Waals surface area (Å²) in [5, 5.41) is 5.19. The summed E-state index contributed by atoms with van der Waals surface area (Å²) in [5.74, 6) is -2.68. The lowest BCUT2D eigenvalue weighted by molar-refractivity contribution is -0.140. The second-order valence-electron chi connectivity index (χ2n) is 10.9. The van der Waals surface area contributed by atoms with Crippen molar-refractivity contribution < 1.29 is 37.8 Å². The molecule has 0 radical (unpaired) electrons. The Hall–Kier alpha value is -4.25. The fraction of sp³-hybridized carbons (Fsp3) is 0.387. The smallest absolute Gasteiger partial charge is 0.412 e. The van der Waals surface area contributed by atoms with Crippen molar-refractivity contribution in [2.24, 2.45) is 5.92 Å². The minimum absolute atomic E-state index is 0.0277. The molecule has 0 saturated carbocycles. The molecule has 5 rings (SSSR count). The standard InChI is InChI=1S/C31H31ClFN3O7/c1-42-26(39)16-18-7-8-20-23(15-18)34-25(38)6-4-2-3-5-19(17-24(20)37)29(40)36-13-11-31(12-14-36)27-22(35-30(41)43-31)10-9-21(32)28(27)33/h2-3,7-10,15,19H,4-6,11-14,16-17H2,1H3,(H,34,38)(H,35,41)/b3-2+/t19-/m0/s1. The lowest BCUT2D eigenvalue weighted by Gasteiger charge is -2.44. The number of halogens is 2. The van der Waals surface area contributed by atoms with Crippen molar-refractivity contribution in [1.29, 1.82) is 0 Å². The predicted molar refractivity (Wildman–Crippen MR) is 155 cm³/mol. The van der Waals surface area contributed by atoms with Crippen LogP contribution in [0.5, 0.6) is 0 Å². The molecule has 1 atom stereocenters. The second-order valence-corrected chi connectivity index (χ2v) is 11.3. The molecule has 0 aromatic heterocycles. The Labute approximate surface area is 252 Å². The number of amides is 3. The zero-order chi connectivity index (χ0) is 30.7. The van der Waals surface area contributed by atoms with Gasteiger partial charge in [0.05, 0.1) is 35.5 Å². The SMILES string of the molecule is COC(=O)Cc1ccc2c(c1)NC(=O)CC/C=C/C[C@H](C(=O)N1CCC3(CC1)OC(=O)Nc1ccc(Cl)c(F)c13)CC2=O. The van der Waals surface area contributed by atoms with Gasteiger partial charge in [-0.05, 0) is 42.7 Å². The Morgan fingerprint density at radius 3 is 2.60 bits per heavy atom. The van der Waals surface area contributed by atoms with Crippen LogP contribution in [0, 0.1) is 11.7 Å². The average molecular weight is 612 g/mol. The fourth-order valence-electron chi connectivity index (χ4n) is 5.86. The Kier molecular flexibility index (Phi) is 8.82. The van der Waals surface area contributed by atoms with Crippen LogP contribution < -0.4 is 10.6 Å². The second kappa shape index (κ2) is 12.5. The Morgan fingerprint density at radius 2 is 1.86 bits per heavy atom. The van der Waals surface area contributed by atoms with Crippen LogP contribution in [0.2, 0.25) is 5.02 Å². The highest BCUT2D eigenvalue weighted by Crippen LogP contribution is 2.46. The van der Waals surface area contributed by atoms with E-state index in [2.05, 4.69) is 10.6 Å². The highest BCUT2D eigenvalue weighted by molar-refractivity contribution is 6.31. The van der Waals surface area contributed by atoms with E-state index < -0.39 is 29.4 Å². The number of ketones is 1. The first kappa shape index (κ1) is 30.2. The van der Waals surface area contributed by atoms with Gasteiger partial charge in [-0.2, -0.15) is 0 Å². The Morgan fingerprint density at radius 1 is 1.09 bits per heavy atom. The topological polar surface area (TPSA) is 131 Å². The van der Waals surface area contributed by atoms with E-state index in [0.717, 1.165) is 0 Å². The molecule has 43 heavy (non-hydrogen) atoms. The summed E-state index contributed by atoms with van der Waals surface area (Å²) in [4.78, 5) is 65.6. The molecular formula is C31H31ClFN3O7. The number of benzene rings is 2. The molecule has 3 heterocycles. The number of nitrogens with one attached hydrogen (secondary N) is 2. The number of carbonyl (C=O) groups is 5. The number of piperidine rings is 1. The van der Waals surface area contributed by atoms with Crippen molar-refractivity contribution in [3.05, 3.63) is 70.0 Å². The normalized spacial score (nSPS) is 20.8. The first-order valence-electron chi connectivity index (χ1n) is 14.1. The van der Waals surface area contributed by atoms with Crippen LogP contribution in [0.25, 0.3) is 0 Å². The summed E-state index contributed by atoms with van der Waals surface area (Å²) >= 11 is 6.05. The predicted octanol–water partition coefficient (Wildman–Crippen LogP) is 5.14. The molecule has 2 aromatic rings. The average Bonchev–Trinajstić information content (AvgIpc) is 2.97. The van der Waals surface area contributed by atoms with E-state index in [-0.39, 0.29) is 96.7 Å². The zero-order valence-electron chi connectivity index (χ0n) is 23.5. The molecule has 1 spiro atoms. The van der Waals surface area contributed by atoms with Crippen molar-refractivity contribution in [2.75, 3.05) is 30.8 Å². The molecule has 10 nitrogen and oxygen atoms in total. The fourth-order valence-corrected chi connectivity index (χ4v) is 6.02. The van der Waals surface area contributed by atoms with Gasteiger partial charge in [0, 0.05) is 50.3 Å². The van der Waals surface area contributed by atoms with Gasteiger partial charge in [0.1, 0.15) is 5.60 Å². The number of fused-ring (bicyclic) bond motifs is 3. The van der Waals surface area contributed by atoms with Crippen LogP contribution in [0.15, 0.2) is 42.5 Å². The zero-order valence-corrected chi connectivity index (χ0v) is 24.3. The van der Waals surface area contributed by atoms with E-state index in [1.54, 1.807) is 29.2 Å². The molecule has 0 unspecified atom stereocenters. The van der Waals surface area contributed by atoms with Gasteiger partial charge in [-0.15, -0.1) is 0 Å². The Bertz CT molecular complexity index is 1520. The third-order valence-electron chi connectivity index (χ3n) is 8.10. The van der Waals surface area contributed by atoms with Gasteiger partial charge in [0.25, 0.3) is 0 Å². The van der Waals surface area contributed by atoms with E-state index in [1.807, 2.05) is 6.08 Å². The molecule has 0 bridgehead atoms. The maximum Gasteiger partial charge on any atom is 0.412 e. The molecule has 0 aliphatic carbocycles. The van der Waals surface area contributed by atoms with Crippen molar-refractivity contribution in [2.45, 2.75) is 50.5 Å². The van der Waals surface area contributed by atoms with Crippen molar-refractivity contribution >= 4 is 52.6 Å². The van der Waals surface area contributed by atoms with E-state index >= 15 is 4.39 Å². The van der Waals surface area contributed by atoms with Crippen LogP contribution in [-0.2, 0) is 35.9 Å². The van der Waals surface area contributed by atoms with Crippen LogP contribution in [-0.4, -0.2) is 54.8 Å². The Balaban J connectivity index is 1.36. The molecule has 2 aromatic carbocycles. The number of rotatable bonds is 3. The van der Waals surface area contributed by atoms with Gasteiger partial charge < -0.3 is 19.7 Å². The van der Waals surface area contributed by atoms with E-state index in [4.69, 9.17) is 21.1 Å². The number of hydrogen-bond acceptors (Lipinski definition) is 7. The molecule has 2 N–H and O–H groups in total. The number of nitrogens with zero attached hydrogens (tertiary/aromatic N) is 1. The van der Waals surface area contributed by atoms with Gasteiger partial charge in [0.15, 0.2) is 11.6 Å². The third kappa shape index (κ3) is 6.41. The van der Waals surface area contributed by atoms with Crippen molar-refractivity contribution in [3.63, 3.8) is 0 Å².